The van der Waals surface area contributed by atoms with Crippen LogP contribution in [0.25, 0.3) is 0 Å². The van der Waals surface area contributed by atoms with Crippen LogP contribution in [0.1, 0.15) is 71.6 Å². The van der Waals surface area contributed by atoms with Gasteiger partial charge in [0.1, 0.15) is 0 Å². The normalized spacial score (nSPS) is 40.7. The zero-order valence-corrected chi connectivity index (χ0v) is 19.3. The van der Waals surface area contributed by atoms with E-state index in [1.807, 2.05) is 0 Å². The third-order valence-corrected chi connectivity index (χ3v) is 8.65. The van der Waals surface area contributed by atoms with Crippen molar-refractivity contribution in [3.8, 4) is 0 Å². The van der Waals surface area contributed by atoms with Crippen LogP contribution in [-0.2, 0) is 0 Å². The van der Waals surface area contributed by atoms with Gasteiger partial charge < -0.3 is 20.8 Å². The topological polar surface area (TPSA) is 92.2 Å². The predicted molar refractivity (Wildman–Crippen MR) is 125 cm³/mol. The zero-order chi connectivity index (χ0) is 21.5. The lowest BCUT2D eigenvalue weighted by molar-refractivity contribution is 0.0862. The summed E-state index contributed by atoms with van der Waals surface area (Å²) in [5, 5.41) is 30.4. The van der Waals surface area contributed by atoms with Gasteiger partial charge in [0, 0.05) is 6.42 Å². The Hall–Kier alpha value is -1.20. The van der Waals surface area contributed by atoms with Gasteiger partial charge in [-0.15, -0.1) is 0 Å². The van der Waals surface area contributed by atoms with Gasteiger partial charge in [0.25, 0.3) is 0 Å². The van der Waals surface area contributed by atoms with E-state index in [0.29, 0.717) is 41.9 Å². The molecule has 174 valence electrons. The summed E-state index contributed by atoms with van der Waals surface area (Å²) >= 11 is 0. The monoisotopic (exact) mass is 430 g/mol. The first-order valence-electron chi connectivity index (χ1n) is 12.1. The molecule has 5 N–H and O–H groups in total. The Kier molecular flexibility index (Phi) is 7.68. The van der Waals surface area contributed by atoms with Crippen molar-refractivity contribution in [2.75, 3.05) is 0 Å². The molecule has 4 fully saturated rings. The first kappa shape index (κ1) is 24.4. The van der Waals surface area contributed by atoms with Gasteiger partial charge >= 0.3 is 0 Å². The van der Waals surface area contributed by atoms with Crippen molar-refractivity contribution >= 4 is 0 Å². The minimum Gasteiger partial charge on any atom is -0.412 e. The molecule has 0 aromatic carbocycles. The van der Waals surface area contributed by atoms with Crippen LogP contribution in [-0.4, -0.2) is 39.1 Å². The summed E-state index contributed by atoms with van der Waals surface area (Å²) in [5.74, 6) is 2.28. The summed E-state index contributed by atoms with van der Waals surface area (Å²) in [6, 6.07) is 0. The van der Waals surface area contributed by atoms with E-state index in [-0.39, 0.29) is 11.6 Å². The van der Waals surface area contributed by atoms with Crippen molar-refractivity contribution in [1.82, 2.24) is 0 Å². The van der Waals surface area contributed by atoms with Crippen molar-refractivity contribution in [1.29, 1.82) is 0 Å². The second-order valence-corrected chi connectivity index (χ2v) is 10.7. The summed E-state index contributed by atoms with van der Waals surface area (Å²) in [6.45, 7) is 8.88. The van der Waals surface area contributed by atoms with Crippen molar-refractivity contribution in [3.63, 3.8) is 0 Å². The van der Waals surface area contributed by atoms with Crippen LogP contribution in [0.4, 0.5) is 0 Å². The van der Waals surface area contributed by atoms with Crippen LogP contribution in [0.3, 0.4) is 0 Å². The lowest BCUT2D eigenvalue weighted by Gasteiger charge is -2.44. The van der Waals surface area contributed by atoms with E-state index in [0.717, 1.165) is 17.6 Å². The van der Waals surface area contributed by atoms with Crippen molar-refractivity contribution < 1.29 is 20.8 Å². The highest BCUT2D eigenvalue weighted by Crippen LogP contribution is 2.59. The van der Waals surface area contributed by atoms with Gasteiger partial charge in [0.15, 0.2) is 0 Å². The lowest BCUT2D eigenvalue weighted by atomic mass is 9.61. The number of aliphatic hydroxyl groups is 3. The fourth-order valence-electron chi connectivity index (χ4n) is 6.63. The molecule has 0 aromatic rings. The van der Waals surface area contributed by atoms with Crippen molar-refractivity contribution in [3.05, 3.63) is 47.6 Å². The molecule has 7 atom stereocenters. The number of hydrogen-bond acceptors (Lipinski definition) is 3. The molecule has 0 heterocycles. The first-order valence-corrected chi connectivity index (χ1v) is 12.1. The van der Waals surface area contributed by atoms with Crippen LogP contribution in [0.2, 0.25) is 0 Å². The number of fused-ring (bicyclic) bond motifs is 1. The standard InChI is InChI=1S/C27H40O3.H2O/c1-17(6-13-25(29)20-8-9-20)23-11-12-24-19(5-4-14-27(23,24)3)7-10-21-15-22(28)16-26(30)18(21)2;/h6-7,10,13,17,20,22-26,28-30H,2,4-5,8-9,11-12,14-16H2,1,3H3;1H2/b13-6+,19-7-,21-10-;/t17-,22-,23-,24+,25-,26+,27-;/m1./s1. The molecule has 0 aliphatic heterocycles. The maximum atomic E-state index is 10.2. The smallest absolute Gasteiger partial charge is 0.0811 e. The van der Waals surface area contributed by atoms with Crippen molar-refractivity contribution in [2.45, 2.75) is 89.9 Å². The maximum Gasteiger partial charge on any atom is 0.0811 e. The minimum atomic E-state index is -0.621. The quantitative estimate of drug-likeness (QED) is 0.569. The fraction of sp³-hybridized carbons (Fsp3) is 0.704. The Morgan fingerprint density at radius 2 is 1.84 bits per heavy atom. The predicted octanol–water partition coefficient (Wildman–Crippen LogP) is 4.27. The van der Waals surface area contributed by atoms with Crippen LogP contribution in [0.15, 0.2) is 47.6 Å². The molecule has 4 rings (SSSR count). The fourth-order valence-corrected chi connectivity index (χ4v) is 6.63. The Labute approximate surface area is 187 Å². The second kappa shape index (κ2) is 9.74. The van der Waals surface area contributed by atoms with Crippen LogP contribution in [0, 0.1) is 29.1 Å². The summed E-state index contributed by atoms with van der Waals surface area (Å²) < 4.78 is 0. The van der Waals surface area contributed by atoms with E-state index >= 15 is 0 Å². The SMILES string of the molecule is C=C1/C(=C\C=C2\CCC[C@]3(C)[C@@H]([C@H](C)/C=C/[C@@H](O)C4CC4)CC[C@@H]23)C[C@@H](O)C[C@@H]1O.O. The van der Waals surface area contributed by atoms with E-state index in [1.54, 1.807) is 0 Å². The molecule has 0 aromatic heterocycles. The number of hydrogen-bond donors (Lipinski definition) is 3. The largest absolute Gasteiger partial charge is 0.412 e. The first-order chi connectivity index (χ1) is 14.3. The molecule has 4 saturated carbocycles. The number of allylic oxidation sites excluding steroid dienone is 4. The highest BCUT2D eigenvalue weighted by Gasteiger charge is 2.50. The molecule has 0 amide bonds. The van der Waals surface area contributed by atoms with Gasteiger partial charge in [-0.1, -0.05) is 50.3 Å². The Balaban J connectivity index is 0.00000272. The van der Waals surface area contributed by atoms with Gasteiger partial charge in [0.2, 0.25) is 0 Å². The van der Waals surface area contributed by atoms with E-state index in [1.165, 1.54) is 44.1 Å². The average Bonchev–Trinajstić information content (AvgIpc) is 3.49. The molecule has 0 spiro atoms. The molecule has 4 aliphatic rings. The van der Waals surface area contributed by atoms with Crippen LogP contribution >= 0.6 is 0 Å². The summed E-state index contributed by atoms with van der Waals surface area (Å²) in [4.78, 5) is 0. The third kappa shape index (κ3) is 5.08. The van der Waals surface area contributed by atoms with Crippen molar-refractivity contribution in [2.24, 2.45) is 29.1 Å². The second-order valence-electron chi connectivity index (χ2n) is 10.7. The molecule has 31 heavy (non-hydrogen) atoms. The van der Waals surface area contributed by atoms with E-state index < -0.39 is 12.2 Å². The van der Waals surface area contributed by atoms with Gasteiger partial charge in [-0.05, 0) is 91.6 Å². The average molecular weight is 431 g/mol. The summed E-state index contributed by atoms with van der Waals surface area (Å²) in [7, 11) is 0. The molecular formula is C27H42O4. The summed E-state index contributed by atoms with van der Waals surface area (Å²) in [5.41, 5.74) is 3.63. The Bertz CT molecular complexity index is 746. The van der Waals surface area contributed by atoms with Gasteiger partial charge in [-0.25, -0.2) is 0 Å². The zero-order valence-electron chi connectivity index (χ0n) is 19.3. The Morgan fingerprint density at radius 3 is 2.55 bits per heavy atom. The molecule has 4 heteroatoms. The van der Waals surface area contributed by atoms with Crippen LogP contribution < -0.4 is 0 Å². The maximum absolute atomic E-state index is 10.2. The highest BCUT2D eigenvalue weighted by atomic mass is 16.3. The lowest BCUT2D eigenvalue weighted by Crippen LogP contribution is -2.35. The van der Waals surface area contributed by atoms with E-state index in [4.69, 9.17) is 0 Å². The van der Waals surface area contributed by atoms with Crippen LogP contribution in [0.5, 0.6) is 0 Å². The Morgan fingerprint density at radius 1 is 1.10 bits per heavy atom. The third-order valence-electron chi connectivity index (χ3n) is 8.65. The molecule has 4 aliphatic carbocycles. The van der Waals surface area contributed by atoms with Gasteiger partial charge in [0.05, 0.1) is 18.3 Å². The minimum absolute atomic E-state index is 0. The number of rotatable bonds is 5. The number of aliphatic hydroxyl groups excluding tert-OH is 3. The molecule has 4 nitrogen and oxygen atoms in total. The van der Waals surface area contributed by atoms with Gasteiger partial charge in [-0.3, -0.25) is 0 Å². The molecular weight excluding hydrogens is 388 g/mol. The molecule has 0 saturated heterocycles. The molecule has 0 radical (unpaired) electrons. The van der Waals surface area contributed by atoms with E-state index in [9.17, 15) is 15.3 Å². The van der Waals surface area contributed by atoms with E-state index in [2.05, 4.69) is 44.7 Å². The highest BCUT2D eigenvalue weighted by molar-refractivity contribution is 5.38. The van der Waals surface area contributed by atoms with Gasteiger partial charge in [-0.2, -0.15) is 0 Å². The molecule has 0 bridgehead atoms. The summed E-state index contributed by atoms with van der Waals surface area (Å²) in [6.07, 6.45) is 16.9. The molecule has 0 unspecified atom stereocenters.